The van der Waals surface area contributed by atoms with Crippen molar-refractivity contribution >= 4 is 34.4 Å². The van der Waals surface area contributed by atoms with Gasteiger partial charge in [-0.1, -0.05) is 41.4 Å². The van der Waals surface area contributed by atoms with Crippen LogP contribution in [0.25, 0.3) is 11.0 Å². The summed E-state index contributed by atoms with van der Waals surface area (Å²) in [5.74, 6) is 0. The van der Waals surface area contributed by atoms with Gasteiger partial charge < -0.3 is 0 Å². The Labute approximate surface area is 138 Å². The number of nitrogens with zero attached hydrogens (tertiary/aromatic N) is 3. The zero-order valence-electron chi connectivity index (χ0n) is 11.8. The molecule has 3 aromatic rings. The molecule has 0 saturated carbocycles. The van der Waals surface area contributed by atoms with E-state index in [-0.39, 0.29) is 5.15 Å². The first-order valence-corrected chi connectivity index (χ1v) is 7.98. The molecule has 2 aromatic carbocycles. The van der Waals surface area contributed by atoms with E-state index in [1.807, 2.05) is 55.5 Å². The van der Waals surface area contributed by atoms with Crippen molar-refractivity contribution in [1.29, 1.82) is 5.26 Å². The summed E-state index contributed by atoms with van der Waals surface area (Å²) in [6.07, 6.45) is 0. The van der Waals surface area contributed by atoms with Crippen molar-refractivity contribution in [1.82, 2.24) is 9.97 Å². The van der Waals surface area contributed by atoms with E-state index in [2.05, 4.69) is 16.0 Å². The fourth-order valence-corrected chi connectivity index (χ4v) is 3.26. The van der Waals surface area contributed by atoms with E-state index in [1.165, 1.54) is 17.3 Å². The molecule has 0 aliphatic heterocycles. The van der Waals surface area contributed by atoms with Gasteiger partial charge in [0, 0.05) is 4.90 Å². The van der Waals surface area contributed by atoms with Crippen molar-refractivity contribution < 1.29 is 0 Å². The van der Waals surface area contributed by atoms with Gasteiger partial charge in [0.15, 0.2) is 5.15 Å². The van der Waals surface area contributed by atoms with Gasteiger partial charge in [-0.15, -0.1) is 11.8 Å². The molecule has 0 amide bonds. The summed E-state index contributed by atoms with van der Waals surface area (Å²) in [7, 11) is 0. The predicted octanol–water partition coefficient (Wildman–Crippen LogP) is 4.95. The summed E-state index contributed by atoms with van der Waals surface area (Å²) in [6, 6.07) is 17.8. The van der Waals surface area contributed by atoms with Gasteiger partial charge in [0.1, 0.15) is 10.9 Å². The highest BCUT2D eigenvalue weighted by Crippen LogP contribution is 2.36. The van der Waals surface area contributed by atoms with Crippen LogP contribution in [0.1, 0.15) is 16.5 Å². The van der Waals surface area contributed by atoms with Crippen LogP contribution in [0.4, 0.5) is 0 Å². The van der Waals surface area contributed by atoms with Gasteiger partial charge >= 0.3 is 0 Å². The van der Waals surface area contributed by atoms with Crippen molar-refractivity contribution in [2.75, 3.05) is 0 Å². The van der Waals surface area contributed by atoms with E-state index in [1.54, 1.807) is 0 Å². The molecular weight excluding hydrogens is 314 g/mol. The second-order valence-corrected chi connectivity index (χ2v) is 6.36. The maximum absolute atomic E-state index is 9.49. The minimum Gasteiger partial charge on any atom is -0.246 e. The van der Waals surface area contributed by atoms with Crippen LogP contribution in [0, 0.1) is 18.3 Å². The number of benzene rings is 2. The zero-order chi connectivity index (χ0) is 15.5. The fraction of sp³-hybridized carbons (Fsp3) is 0.118. The molecule has 0 radical (unpaired) electrons. The van der Waals surface area contributed by atoms with E-state index >= 15 is 0 Å². The first-order valence-electron chi connectivity index (χ1n) is 6.72. The van der Waals surface area contributed by atoms with Gasteiger partial charge in [0.2, 0.25) is 0 Å². The van der Waals surface area contributed by atoms with Crippen molar-refractivity contribution in [2.45, 2.75) is 17.1 Å². The molecule has 3 nitrogen and oxygen atoms in total. The molecule has 0 aliphatic carbocycles. The Bertz CT molecular complexity index is 856. The van der Waals surface area contributed by atoms with Crippen molar-refractivity contribution in [2.24, 2.45) is 0 Å². The van der Waals surface area contributed by atoms with Crippen LogP contribution in [0.5, 0.6) is 0 Å². The molecule has 22 heavy (non-hydrogen) atoms. The lowest BCUT2D eigenvalue weighted by Gasteiger charge is -2.11. The molecule has 5 heteroatoms. The maximum Gasteiger partial charge on any atom is 0.153 e. The highest BCUT2D eigenvalue weighted by Gasteiger charge is 2.19. The minimum atomic E-state index is -0.493. The largest absolute Gasteiger partial charge is 0.246 e. The molecule has 1 unspecified atom stereocenters. The van der Waals surface area contributed by atoms with E-state index < -0.39 is 5.25 Å². The molecule has 1 heterocycles. The highest BCUT2D eigenvalue weighted by molar-refractivity contribution is 7.99. The number of hydrogen-bond acceptors (Lipinski definition) is 4. The van der Waals surface area contributed by atoms with Crippen LogP contribution >= 0.6 is 23.4 Å². The van der Waals surface area contributed by atoms with Crippen LogP contribution in [0.15, 0.2) is 53.4 Å². The summed E-state index contributed by atoms with van der Waals surface area (Å²) in [6.45, 7) is 2.03. The van der Waals surface area contributed by atoms with Crippen LogP contribution in [0.3, 0.4) is 0 Å². The number of aromatic nitrogens is 2. The topological polar surface area (TPSA) is 49.6 Å². The smallest absolute Gasteiger partial charge is 0.153 e. The second-order valence-electron chi connectivity index (χ2n) is 4.83. The number of hydrogen-bond donors (Lipinski definition) is 0. The summed E-state index contributed by atoms with van der Waals surface area (Å²) in [4.78, 5) is 9.86. The normalized spacial score (nSPS) is 12.0. The standard InChI is InChI=1S/C17H12ClN3S/c1-11-6-8-12(9-7-11)22-15(10-19)16-17(18)21-14-5-3-2-4-13(14)20-16/h2-9,15H,1H3. The number of para-hydroxylation sites is 2. The van der Waals surface area contributed by atoms with Crippen LogP contribution in [-0.2, 0) is 0 Å². The minimum absolute atomic E-state index is 0.282. The van der Waals surface area contributed by atoms with Gasteiger partial charge in [-0.05, 0) is 31.2 Å². The molecule has 3 rings (SSSR count). The zero-order valence-corrected chi connectivity index (χ0v) is 13.4. The van der Waals surface area contributed by atoms with E-state index in [4.69, 9.17) is 11.6 Å². The Balaban J connectivity index is 1.98. The molecule has 0 N–H and O–H groups in total. The molecule has 1 aromatic heterocycles. The molecular formula is C17H12ClN3S. The van der Waals surface area contributed by atoms with Gasteiger partial charge in [0.05, 0.1) is 17.1 Å². The molecule has 0 aliphatic rings. The molecule has 1 atom stereocenters. The summed E-state index contributed by atoms with van der Waals surface area (Å²) < 4.78 is 0. The average Bonchev–Trinajstić information content (AvgIpc) is 2.54. The number of rotatable bonds is 3. The quantitative estimate of drug-likeness (QED) is 0.639. The van der Waals surface area contributed by atoms with Gasteiger partial charge in [-0.25, -0.2) is 9.97 Å². The van der Waals surface area contributed by atoms with E-state index in [9.17, 15) is 5.26 Å². The molecule has 108 valence electrons. The molecule has 0 bridgehead atoms. The summed E-state index contributed by atoms with van der Waals surface area (Å²) >= 11 is 7.66. The van der Waals surface area contributed by atoms with Crippen LogP contribution in [0.2, 0.25) is 5.15 Å². The molecule has 0 spiro atoms. The Morgan fingerprint density at radius 2 is 1.68 bits per heavy atom. The predicted molar refractivity (Wildman–Crippen MR) is 89.9 cm³/mol. The van der Waals surface area contributed by atoms with Crippen LogP contribution in [-0.4, -0.2) is 9.97 Å². The third-order valence-electron chi connectivity index (χ3n) is 3.19. The maximum atomic E-state index is 9.49. The van der Waals surface area contributed by atoms with E-state index in [0.717, 1.165) is 15.9 Å². The molecule has 0 fully saturated rings. The number of thioether (sulfide) groups is 1. The van der Waals surface area contributed by atoms with E-state index in [0.29, 0.717) is 5.69 Å². The first kappa shape index (κ1) is 14.8. The van der Waals surface area contributed by atoms with Crippen molar-refractivity contribution in [3.8, 4) is 6.07 Å². The number of nitriles is 1. The molecule has 0 saturated heterocycles. The fourth-order valence-electron chi connectivity index (χ4n) is 2.06. The average molecular weight is 326 g/mol. The number of halogens is 1. The lowest BCUT2D eigenvalue weighted by molar-refractivity contribution is 1.08. The number of aryl methyl sites for hydroxylation is 1. The van der Waals surface area contributed by atoms with Gasteiger partial charge in [-0.3, -0.25) is 0 Å². The lowest BCUT2D eigenvalue weighted by Crippen LogP contribution is -1.99. The Kier molecular flexibility index (Phi) is 4.28. The lowest BCUT2D eigenvalue weighted by atomic mass is 10.2. The Hall–Kier alpha value is -2.09. The third-order valence-corrected chi connectivity index (χ3v) is 4.58. The SMILES string of the molecule is Cc1ccc(SC(C#N)c2nc3ccccc3nc2Cl)cc1. The van der Waals surface area contributed by atoms with Crippen molar-refractivity contribution in [3.63, 3.8) is 0 Å². The number of fused-ring (bicyclic) bond motifs is 1. The van der Waals surface area contributed by atoms with Crippen molar-refractivity contribution in [3.05, 3.63) is 64.9 Å². The monoisotopic (exact) mass is 325 g/mol. The summed E-state index contributed by atoms with van der Waals surface area (Å²) in [5, 5.41) is 9.28. The highest BCUT2D eigenvalue weighted by atomic mass is 35.5. The van der Waals surface area contributed by atoms with Gasteiger partial charge in [0.25, 0.3) is 0 Å². The second kappa shape index (κ2) is 6.35. The first-order chi connectivity index (χ1) is 10.7. The van der Waals surface area contributed by atoms with Gasteiger partial charge in [-0.2, -0.15) is 5.26 Å². The Morgan fingerprint density at radius 1 is 1.05 bits per heavy atom. The summed E-state index contributed by atoms with van der Waals surface area (Å²) in [5.41, 5.74) is 3.16. The third kappa shape index (κ3) is 3.06. The Morgan fingerprint density at radius 3 is 2.32 bits per heavy atom. The van der Waals surface area contributed by atoms with Crippen LogP contribution < -0.4 is 0 Å².